The Labute approximate surface area is 252 Å². The third kappa shape index (κ3) is 7.47. The fourth-order valence-corrected chi connectivity index (χ4v) is 5.67. The second-order valence-corrected chi connectivity index (χ2v) is 10.5. The summed E-state index contributed by atoms with van der Waals surface area (Å²) in [7, 11) is 4.29. The monoisotopic (exact) mass is 591 g/mol. The van der Waals surface area contributed by atoms with Gasteiger partial charge in [0, 0.05) is 49.8 Å². The molecule has 2 aliphatic heterocycles. The molecule has 0 atom stereocenters. The SMILES string of the molecule is COC(=O)C1=C(C)NC(C)=C(C(=O)OC)C1c1cccc(NC(=O)NCCCN2CCN(c3ccccc3OC)CC2)c1. The first kappa shape index (κ1) is 31.4. The van der Waals surface area contributed by atoms with Crippen molar-refractivity contribution >= 4 is 29.3 Å². The number of rotatable bonds is 10. The minimum absolute atomic E-state index is 0.304. The molecule has 4 rings (SSSR count). The van der Waals surface area contributed by atoms with Crippen LogP contribution in [0, 0.1) is 0 Å². The Morgan fingerprint density at radius 1 is 0.884 bits per heavy atom. The number of carbonyl (C=O) groups excluding carboxylic acids is 3. The average molecular weight is 592 g/mol. The highest BCUT2D eigenvalue weighted by atomic mass is 16.5. The molecule has 43 heavy (non-hydrogen) atoms. The Kier molecular flexibility index (Phi) is 10.7. The highest BCUT2D eigenvalue weighted by molar-refractivity contribution is 6.00. The van der Waals surface area contributed by atoms with Gasteiger partial charge in [-0.15, -0.1) is 0 Å². The van der Waals surface area contributed by atoms with E-state index >= 15 is 0 Å². The first-order chi connectivity index (χ1) is 20.8. The number of carbonyl (C=O) groups is 3. The second kappa shape index (κ2) is 14.6. The van der Waals surface area contributed by atoms with Crippen LogP contribution in [-0.4, -0.2) is 83.5 Å². The van der Waals surface area contributed by atoms with E-state index in [0.717, 1.165) is 50.6 Å². The van der Waals surface area contributed by atoms with E-state index in [1.165, 1.54) is 14.2 Å². The lowest BCUT2D eigenvalue weighted by Crippen LogP contribution is -2.47. The zero-order chi connectivity index (χ0) is 30.9. The predicted octanol–water partition coefficient (Wildman–Crippen LogP) is 3.61. The molecule has 0 saturated carbocycles. The van der Waals surface area contributed by atoms with Gasteiger partial charge in [-0.3, -0.25) is 4.90 Å². The molecule has 3 N–H and O–H groups in total. The van der Waals surface area contributed by atoms with Crippen molar-refractivity contribution in [3.8, 4) is 5.75 Å². The van der Waals surface area contributed by atoms with Crippen LogP contribution in [0.4, 0.5) is 16.2 Å². The zero-order valence-electron chi connectivity index (χ0n) is 25.5. The standard InChI is InChI=1S/C32H41N5O6/c1-21-27(30(38)42-4)29(28(22(2)34-21)31(39)43-5)23-10-8-11-24(20-23)35-32(40)33-14-9-15-36-16-18-37(19-17-36)25-12-6-7-13-26(25)41-3/h6-8,10-13,20,29,34H,9,14-19H2,1-5H3,(H2,33,35,40). The molecular weight excluding hydrogens is 550 g/mol. The van der Waals surface area contributed by atoms with Crippen LogP contribution in [0.25, 0.3) is 0 Å². The van der Waals surface area contributed by atoms with Gasteiger partial charge >= 0.3 is 18.0 Å². The number of piperazine rings is 1. The fourth-order valence-electron chi connectivity index (χ4n) is 5.67. The number of esters is 2. The summed E-state index contributed by atoms with van der Waals surface area (Å²) in [6, 6.07) is 14.8. The number of benzene rings is 2. The van der Waals surface area contributed by atoms with Crippen LogP contribution in [0.5, 0.6) is 5.75 Å². The average Bonchev–Trinajstić information content (AvgIpc) is 3.02. The third-order valence-corrected chi connectivity index (χ3v) is 7.78. The summed E-state index contributed by atoms with van der Waals surface area (Å²) in [5, 5.41) is 8.89. The van der Waals surface area contributed by atoms with E-state index in [1.807, 2.05) is 18.2 Å². The van der Waals surface area contributed by atoms with Crippen LogP contribution in [0.15, 0.2) is 71.1 Å². The molecule has 0 radical (unpaired) electrons. The van der Waals surface area contributed by atoms with Crippen molar-refractivity contribution in [2.24, 2.45) is 0 Å². The summed E-state index contributed by atoms with van der Waals surface area (Å²) in [5.74, 6) is -0.949. The molecule has 0 bridgehead atoms. The highest BCUT2D eigenvalue weighted by Crippen LogP contribution is 2.39. The number of nitrogens with zero attached hydrogens (tertiary/aromatic N) is 2. The van der Waals surface area contributed by atoms with E-state index < -0.39 is 17.9 Å². The Hall–Kier alpha value is -4.51. The van der Waals surface area contributed by atoms with Crippen molar-refractivity contribution in [2.75, 3.05) is 70.8 Å². The number of methoxy groups -OCH3 is 3. The second-order valence-electron chi connectivity index (χ2n) is 10.5. The number of allylic oxidation sites excluding steroid dienone is 2. The number of urea groups is 1. The van der Waals surface area contributed by atoms with Crippen molar-refractivity contribution < 1.29 is 28.6 Å². The molecule has 1 saturated heterocycles. The van der Waals surface area contributed by atoms with Gasteiger partial charge in [-0.1, -0.05) is 24.3 Å². The quantitative estimate of drug-likeness (QED) is 0.281. The van der Waals surface area contributed by atoms with Gasteiger partial charge in [0.15, 0.2) is 0 Å². The maximum absolute atomic E-state index is 12.8. The maximum atomic E-state index is 12.8. The Balaban J connectivity index is 1.32. The number of hydrogen-bond donors (Lipinski definition) is 3. The third-order valence-electron chi connectivity index (χ3n) is 7.78. The molecule has 2 aliphatic rings. The number of amides is 2. The summed E-state index contributed by atoms with van der Waals surface area (Å²) < 4.78 is 15.6. The molecule has 11 heteroatoms. The lowest BCUT2D eigenvalue weighted by atomic mass is 9.80. The van der Waals surface area contributed by atoms with E-state index in [1.54, 1.807) is 45.2 Å². The molecule has 1 fully saturated rings. The van der Waals surface area contributed by atoms with Crippen molar-refractivity contribution in [1.82, 2.24) is 15.5 Å². The molecule has 2 aromatic carbocycles. The maximum Gasteiger partial charge on any atom is 0.336 e. The van der Waals surface area contributed by atoms with Crippen LogP contribution in [0.3, 0.4) is 0 Å². The summed E-state index contributed by atoms with van der Waals surface area (Å²) in [5.41, 5.74) is 4.07. The summed E-state index contributed by atoms with van der Waals surface area (Å²) in [6.45, 7) is 8.64. The molecule has 0 spiro atoms. The van der Waals surface area contributed by atoms with Crippen molar-refractivity contribution in [1.29, 1.82) is 0 Å². The largest absolute Gasteiger partial charge is 0.495 e. The number of dihydropyridines is 1. The van der Waals surface area contributed by atoms with E-state index in [0.29, 0.717) is 40.3 Å². The minimum Gasteiger partial charge on any atom is -0.495 e. The Morgan fingerprint density at radius 2 is 1.53 bits per heavy atom. The Morgan fingerprint density at radius 3 is 2.16 bits per heavy atom. The van der Waals surface area contributed by atoms with Crippen LogP contribution >= 0.6 is 0 Å². The molecule has 2 heterocycles. The number of nitrogens with one attached hydrogen (secondary N) is 3. The molecule has 0 aromatic heterocycles. The molecular formula is C32H41N5O6. The van der Waals surface area contributed by atoms with Gasteiger partial charge in [0.2, 0.25) is 0 Å². The predicted molar refractivity (Wildman–Crippen MR) is 165 cm³/mol. The molecule has 0 unspecified atom stereocenters. The molecule has 2 amide bonds. The van der Waals surface area contributed by atoms with E-state index in [2.05, 4.69) is 31.8 Å². The lowest BCUT2D eigenvalue weighted by molar-refractivity contribution is -0.137. The van der Waals surface area contributed by atoms with E-state index in [9.17, 15) is 14.4 Å². The van der Waals surface area contributed by atoms with Gasteiger partial charge in [-0.25, -0.2) is 14.4 Å². The number of ether oxygens (including phenoxy) is 3. The van der Waals surface area contributed by atoms with Crippen LogP contribution in [0.1, 0.15) is 31.7 Å². The van der Waals surface area contributed by atoms with Crippen LogP contribution in [-0.2, 0) is 19.1 Å². The van der Waals surface area contributed by atoms with Gasteiger partial charge in [0.05, 0.1) is 44.1 Å². The van der Waals surface area contributed by atoms with E-state index in [-0.39, 0.29) is 6.03 Å². The minimum atomic E-state index is -0.727. The molecule has 0 aliphatic carbocycles. The normalized spacial score (nSPS) is 16.0. The molecule has 230 valence electrons. The van der Waals surface area contributed by atoms with Crippen molar-refractivity contribution in [2.45, 2.75) is 26.2 Å². The van der Waals surface area contributed by atoms with Gasteiger partial charge in [0.1, 0.15) is 5.75 Å². The van der Waals surface area contributed by atoms with Crippen molar-refractivity contribution in [3.05, 3.63) is 76.6 Å². The zero-order valence-corrected chi connectivity index (χ0v) is 25.5. The topological polar surface area (TPSA) is 121 Å². The summed E-state index contributed by atoms with van der Waals surface area (Å²) >= 11 is 0. The molecule has 2 aromatic rings. The van der Waals surface area contributed by atoms with Gasteiger partial charge in [-0.05, 0) is 56.6 Å². The van der Waals surface area contributed by atoms with E-state index in [4.69, 9.17) is 14.2 Å². The van der Waals surface area contributed by atoms with Crippen LogP contribution < -0.4 is 25.6 Å². The highest BCUT2D eigenvalue weighted by Gasteiger charge is 2.37. The molecule has 11 nitrogen and oxygen atoms in total. The fraction of sp³-hybridized carbons (Fsp3) is 0.406. The van der Waals surface area contributed by atoms with Gasteiger partial charge in [-0.2, -0.15) is 0 Å². The first-order valence-corrected chi connectivity index (χ1v) is 14.4. The summed E-state index contributed by atoms with van der Waals surface area (Å²) in [4.78, 5) is 43.0. The summed E-state index contributed by atoms with van der Waals surface area (Å²) in [6.07, 6.45) is 0.816. The van der Waals surface area contributed by atoms with Gasteiger partial charge < -0.3 is 35.1 Å². The smallest absolute Gasteiger partial charge is 0.336 e. The first-order valence-electron chi connectivity index (χ1n) is 14.4. The van der Waals surface area contributed by atoms with Crippen molar-refractivity contribution in [3.63, 3.8) is 0 Å². The number of hydrogen-bond acceptors (Lipinski definition) is 9. The number of anilines is 2. The van der Waals surface area contributed by atoms with Gasteiger partial charge in [0.25, 0.3) is 0 Å². The Bertz CT molecular complexity index is 1360. The number of para-hydroxylation sites is 2. The lowest BCUT2D eigenvalue weighted by Gasteiger charge is -2.36. The van der Waals surface area contributed by atoms with Crippen LogP contribution in [0.2, 0.25) is 0 Å².